The number of ether oxygens (including phenoxy) is 1. The smallest absolute Gasteiger partial charge is 0.264 e. The summed E-state index contributed by atoms with van der Waals surface area (Å²) in [6, 6.07) is 10.2. The second kappa shape index (κ2) is 9.94. The fourth-order valence-electron chi connectivity index (χ4n) is 2.75. The summed E-state index contributed by atoms with van der Waals surface area (Å²) in [6.45, 7) is 9.04. The number of nitrogens with zero attached hydrogens (tertiary/aromatic N) is 1. The van der Waals surface area contributed by atoms with E-state index >= 15 is 0 Å². The van der Waals surface area contributed by atoms with Crippen LogP contribution in [0.25, 0.3) is 0 Å². The van der Waals surface area contributed by atoms with Gasteiger partial charge in [-0.2, -0.15) is 13.7 Å². The van der Waals surface area contributed by atoms with Gasteiger partial charge >= 0.3 is 0 Å². The van der Waals surface area contributed by atoms with Gasteiger partial charge < -0.3 is 4.74 Å². The predicted octanol–water partition coefficient (Wildman–Crippen LogP) is 4.80. The van der Waals surface area contributed by atoms with Crippen molar-refractivity contribution in [2.75, 3.05) is 12.4 Å². The van der Waals surface area contributed by atoms with E-state index in [4.69, 9.17) is 9.29 Å². The van der Waals surface area contributed by atoms with Crippen molar-refractivity contribution in [1.82, 2.24) is 0 Å². The van der Waals surface area contributed by atoms with Gasteiger partial charge in [0.15, 0.2) is 0 Å². The lowest BCUT2D eigenvalue weighted by Crippen LogP contribution is -2.19. The van der Waals surface area contributed by atoms with Crippen LogP contribution >= 0.6 is 0 Å². The van der Waals surface area contributed by atoms with E-state index in [0.717, 1.165) is 24.2 Å². The van der Waals surface area contributed by atoms with E-state index in [0.29, 0.717) is 19.4 Å². The topological polar surface area (TPSA) is 87.4 Å². The van der Waals surface area contributed by atoms with Crippen LogP contribution in [0.15, 0.2) is 24.3 Å². The van der Waals surface area contributed by atoms with Crippen LogP contribution < -0.4 is 4.74 Å². The molecule has 0 saturated heterocycles. The lowest BCUT2D eigenvalue weighted by molar-refractivity contribution is 0.269. The SMILES string of the molecule is CCC(C)(C)CC(C#N)C(C)c1ccc(OCCCCS(=O)(=O)O)cc1. The van der Waals surface area contributed by atoms with E-state index in [1.807, 2.05) is 24.3 Å². The number of hydrogen-bond donors (Lipinski definition) is 1. The molecule has 0 spiro atoms. The van der Waals surface area contributed by atoms with Gasteiger partial charge in [0.2, 0.25) is 0 Å². The van der Waals surface area contributed by atoms with Crippen molar-refractivity contribution in [3.63, 3.8) is 0 Å². The number of nitriles is 1. The zero-order valence-corrected chi connectivity index (χ0v) is 17.1. The number of unbranched alkanes of at least 4 members (excludes halogenated alkanes) is 1. The minimum absolute atomic E-state index is 0.0304. The van der Waals surface area contributed by atoms with Crippen LogP contribution in [0.2, 0.25) is 0 Å². The summed E-state index contributed by atoms with van der Waals surface area (Å²) in [4.78, 5) is 0. The largest absolute Gasteiger partial charge is 0.494 e. The molecule has 0 bridgehead atoms. The third-order valence-electron chi connectivity index (χ3n) is 4.97. The minimum atomic E-state index is -3.89. The molecule has 0 saturated carbocycles. The first-order valence-electron chi connectivity index (χ1n) is 9.15. The Morgan fingerprint density at radius 2 is 1.85 bits per heavy atom. The Morgan fingerprint density at radius 1 is 1.23 bits per heavy atom. The minimum Gasteiger partial charge on any atom is -0.494 e. The molecule has 0 aromatic heterocycles. The molecule has 5 nitrogen and oxygen atoms in total. The number of rotatable bonds is 11. The Balaban J connectivity index is 2.56. The summed E-state index contributed by atoms with van der Waals surface area (Å²) in [7, 11) is -3.89. The zero-order valence-electron chi connectivity index (χ0n) is 16.2. The van der Waals surface area contributed by atoms with E-state index in [-0.39, 0.29) is 23.0 Å². The molecule has 0 aliphatic carbocycles. The van der Waals surface area contributed by atoms with E-state index in [2.05, 4.69) is 33.8 Å². The van der Waals surface area contributed by atoms with Gasteiger partial charge in [-0.15, -0.1) is 0 Å². The van der Waals surface area contributed by atoms with Crippen molar-refractivity contribution in [3.05, 3.63) is 29.8 Å². The Bertz CT molecular complexity index is 690. The molecule has 1 N–H and O–H groups in total. The third kappa shape index (κ3) is 8.20. The van der Waals surface area contributed by atoms with Crippen LogP contribution in [0.3, 0.4) is 0 Å². The van der Waals surface area contributed by atoms with E-state index in [1.165, 1.54) is 0 Å². The summed E-state index contributed by atoms with van der Waals surface area (Å²) in [6.07, 6.45) is 2.83. The zero-order chi connectivity index (χ0) is 19.8. The van der Waals surface area contributed by atoms with Gasteiger partial charge in [-0.25, -0.2) is 0 Å². The van der Waals surface area contributed by atoms with Crippen LogP contribution in [-0.4, -0.2) is 25.3 Å². The van der Waals surface area contributed by atoms with Crippen molar-refractivity contribution in [2.24, 2.45) is 11.3 Å². The molecule has 1 aromatic carbocycles. The lowest BCUT2D eigenvalue weighted by Gasteiger charge is -2.28. The number of hydrogen-bond acceptors (Lipinski definition) is 4. The van der Waals surface area contributed by atoms with Gasteiger partial charge in [0, 0.05) is 0 Å². The van der Waals surface area contributed by atoms with E-state index < -0.39 is 10.1 Å². The highest BCUT2D eigenvalue weighted by Crippen LogP contribution is 2.36. The maximum atomic E-state index is 10.6. The fraction of sp³-hybridized carbons (Fsp3) is 0.650. The van der Waals surface area contributed by atoms with Crippen molar-refractivity contribution in [1.29, 1.82) is 5.26 Å². The van der Waals surface area contributed by atoms with Crippen LogP contribution in [-0.2, 0) is 10.1 Å². The Kier molecular flexibility index (Phi) is 8.58. The molecule has 0 aliphatic rings. The molecule has 6 heteroatoms. The van der Waals surface area contributed by atoms with Crippen molar-refractivity contribution in [3.8, 4) is 11.8 Å². The summed E-state index contributed by atoms with van der Waals surface area (Å²) < 4.78 is 35.6. The molecular formula is C20H31NO4S. The van der Waals surface area contributed by atoms with Crippen molar-refractivity contribution < 1.29 is 17.7 Å². The molecular weight excluding hydrogens is 350 g/mol. The molecule has 26 heavy (non-hydrogen) atoms. The molecule has 2 unspecified atom stereocenters. The Labute approximate surface area is 158 Å². The van der Waals surface area contributed by atoms with Crippen LogP contribution in [0, 0.1) is 22.7 Å². The molecule has 0 fully saturated rings. The van der Waals surface area contributed by atoms with Crippen LogP contribution in [0.4, 0.5) is 0 Å². The molecule has 1 rings (SSSR count). The van der Waals surface area contributed by atoms with Gasteiger partial charge in [0.05, 0.1) is 24.3 Å². The molecule has 0 heterocycles. The standard InChI is InChI=1S/C20H31NO4S/c1-5-20(3,4)14-18(15-21)16(2)17-8-10-19(11-9-17)25-12-6-7-13-26(22,23)24/h8-11,16,18H,5-7,12-14H2,1-4H3,(H,22,23,24). The molecule has 2 atom stereocenters. The Morgan fingerprint density at radius 3 is 2.35 bits per heavy atom. The van der Waals surface area contributed by atoms with Gasteiger partial charge in [0.1, 0.15) is 5.75 Å². The monoisotopic (exact) mass is 381 g/mol. The van der Waals surface area contributed by atoms with Gasteiger partial charge in [-0.05, 0) is 48.3 Å². The molecule has 1 aromatic rings. The first kappa shape index (κ1) is 22.5. The quantitative estimate of drug-likeness (QED) is 0.439. The van der Waals surface area contributed by atoms with Gasteiger partial charge in [0.25, 0.3) is 10.1 Å². The normalized spacial score (nSPS) is 14.5. The van der Waals surface area contributed by atoms with Gasteiger partial charge in [-0.3, -0.25) is 4.55 Å². The van der Waals surface area contributed by atoms with E-state index in [1.54, 1.807) is 0 Å². The Hall–Kier alpha value is -1.58. The highest BCUT2D eigenvalue weighted by molar-refractivity contribution is 7.85. The van der Waals surface area contributed by atoms with Crippen LogP contribution in [0.1, 0.15) is 64.9 Å². The summed E-state index contributed by atoms with van der Waals surface area (Å²) in [5.74, 6) is 0.596. The summed E-state index contributed by atoms with van der Waals surface area (Å²) >= 11 is 0. The first-order valence-corrected chi connectivity index (χ1v) is 10.8. The van der Waals surface area contributed by atoms with Crippen LogP contribution in [0.5, 0.6) is 5.75 Å². The first-order chi connectivity index (χ1) is 12.1. The summed E-state index contributed by atoms with van der Waals surface area (Å²) in [5, 5.41) is 9.56. The lowest BCUT2D eigenvalue weighted by atomic mass is 9.75. The second-order valence-electron chi connectivity index (χ2n) is 7.66. The summed E-state index contributed by atoms with van der Waals surface area (Å²) in [5.41, 5.74) is 1.27. The predicted molar refractivity (Wildman–Crippen MR) is 104 cm³/mol. The molecule has 0 amide bonds. The molecule has 0 radical (unpaired) electrons. The second-order valence-corrected chi connectivity index (χ2v) is 9.23. The third-order valence-corrected chi connectivity index (χ3v) is 5.77. The van der Waals surface area contributed by atoms with Gasteiger partial charge in [-0.1, -0.05) is 46.2 Å². The molecule has 0 aliphatic heterocycles. The highest BCUT2D eigenvalue weighted by Gasteiger charge is 2.26. The maximum Gasteiger partial charge on any atom is 0.264 e. The number of benzene rings is 1. The van der Waals surface area contributed by atoms with E-state index in [9.17, 15) is 13.7 Å². The highest BCUT2D eigenvalue weighted by atomic mass is 32.2. The maximum absolute atomic E-state index is 10.6. The average Bonchev–Trinajstić information content (AvgIpc) is 2.58. The fourth-order valence-corrected chi connectivity index (χ4v) is 3.32. The van der Waals surface area contributed by atoms with Crippen molar-refractivity contribution in [2.45, 2.75) is 59.3 Å². The molecule has 146 valence electrons. The van der Waals surface area contributed by atoms with Crippen molar-refractivity contribution >= 4 is 10.1 Å². The average molecular weight is 382 g/mol.